The number of hydrogen-bond donors (Lipinski definition) is 1. The number of thiazole rings is 1. The number of nitrogens with zero attached hydrogens (tertiary/aromatic N) is 3. The van der Waals surface area contributed by atoms with Crippen LogP contribution in [0.25, 0.3) is 10.2 Å². The van der Waals surface area contributed by atoms with Crippen molar-refractivity contribution in [1.82, 2.24) is 15.0 Å². The number of anilines is 1. The van der Waals surface area contributed by atoms with Crippen molar-refractivity contribution in [2.75, 3.05) is 12.4 Å². The smallest absolute Gasteiger partial charge is 0.274 e. The highest BCUT2D eigenvalue weighted by Crippen LogP contribution is 2.41. The summed E-state index contributed by atoms with van der Waals surface area (Å²) in [7, 11) is 1.57. The molecule has 1 aliphatic rings. The molecule has 1 aliphatic carbocycles. The highest BCUT2D eigenvalue weighted by atomic mass is 32.1. The fraction of sp³-hybridized carbons (Fsp3) is 0.409. The van der Waals surface area contributed by atoms with E-state index < -0.39 is 0 Å². The molecule has 0 unspecified atom stereocenters. The third kappa shape index (κ3) is 4.18. The van der Waals surface area contributed by atoms with Crippen LogP contribution in [0.5, 0.6) is 5.75 Å². The van der Waals surface area contributed by atoms with Gasteiger partial charge in [0.1, 0.15) is 23.1 Å². The Kier molecular flexibility index (Phi) is 5.76. The van der Waals surface area contributed by atoms with Crippen molar-refractivity contribution in [2.45, 2.75) is 45.4 Å². The molecule has 3 aromatic rings. The monoisotopic (exact) mass is 424 g/mol. The quantitative estimate of drug-likeness (QED) is 0.647. The van der Waals surface area contributed by atoms with E-state index in [1.807, 2.05) is 12.1 Å². The molecule has 8 heteroatoms. The van der Waals surface area contributed by atoms with Crippen molar-refractivity contribution in [1.29, 1.82) is 0 Å². The first kappa shape index (κ1) is 20.4. The van der Waals surface area contributed by atoms with Gasteiger partial charge in [-0.25, -0.2) is 15.0 Å². The number of aryl methyl sites for hydroxylation is 1. The summed E-state index contributed by atoms with van der Waals surface area (Å²) in [6, 6.07) is 5.34. The van der Waals surface area contributed by atoms with Gasteiger partial charge in [-0.05, 0) is 51.7 Å². The zero-order valence-electron chi connectivity index (χ0n) is 17.3. The second kappa shape index (κ2) is 8.47. The molecular formula is C22H24N4O3S. The van der Waals surface area contributed by atoms with Crippen LogP contribution in [-0.2, 0) is 4.79 Å². The van der Waals surface area contributed by atoms with Crippen LogP contribution in [0.15, 0.2) is 24.4 Å². The minimum absolute atomic E-state index is 0.197. The fourth-order valence-corrected chi connectivity index (χ4v) is 5.09. The van der Waals surface area contributed by atoms with E-state index in [9.17, 15) is 9.59 Å². The van der Waals surface area contributed by atoms with Crippen LogP contribution in [0.2, 0.25) is 0 Å². The van der Waals surface area contributed by atoms with E-state index in [0.29, 0.717) is 34.7 Å². The number of amides is 1. The van der Waals surface area contributed by atoms with E-state index in [0.717, 1.165) is 40.9 Å². The summed E-state index contributed by atoms with van der Waals surface area (Å²) in [4.78, 5) is 37.3. The Balaban J connectivity index is 1.58. The van der Waals surface area contributed by atoms with Crippen molar-refractivity contribution in [2.24, 2.45) is 5.92 Å². The Bertz CT molecular complexity index is 1100. The zero-order chi connectivity index (χ0) is 21.3. The number of rotatable bonds is 5. The molecule has 7 nitrogen and oxygen atoms in total. The van der Waals surface area contributed by atoms with Gasteiger partial charge in [-0.2, -0.15) is 0 Å². The van der Waals surface area contributed by atoms with Crippen LogP contribution in [0, 0.1) is 12.8 Å². The molecule has 1 aromatic carbocycles. The molecule has 4 rings (SSSR count). The number of methoxy groups -OCH3 is 1. The summed E-state index contributed by atoms with van der Waals surface area (Å²) in [5.41, 5.74) is 1.75. The lowest BCUT2D eigenvalue weighted by molar-refractivity contribution is -0.121. The van der Waals surface area contributed by atoms with Gasteiger partial charge in [-0.3, -0.25) is 9.59 Å². The maximum Gasteiger partial charge on any atom is 0.274 e. The SMILES string of the molecule is COc1cc2nc(C3CCC(C(C)=O)CC3)sc2cc1NC(=O)c1ccnc(C)n1. The predicted octanol–water partition coefficient (Wildman–Crippen LogP) is 4.52. The highest BCUT2D eigenvalue weighted by Gasteiger charge is 2.27. The van der Waals surface area contributed by atoms with E-state index in [1.54, 1.807) is 44.6 Å². The first-order valence-corrected chi connectivity index (χ1v) is 10.9. The van der Waals surface area contributed by atoms with Gasteiger partial charge < -0.3 is 10.1 Å². The normalized spacial score (nSPS) is 18.9. The Morgan fingerprint density at radius 1 is 1.17 bits per heavy atom. The van der Waals surface area contributed by atoms with Crippen molar-refractivity contribution in [3.05, 3.63) is 40.9 Å². The highest BCUT2D eigenvalue weighted by molar-refractivity contribution is 7.18. The average Bonchev–Trinajstić information content (AvgIpc) is 3.16. The number of aromatic nitrogens is 3. The summed E-state index contributed by atoms with van der Waals surface area (Å²) in [6.07, 6.45) is 5.39. The van der Waals surface area contributed by atoms with E-state index in [-0.39, 0.29) is 11.8 Å². The number of hydrogen-bond acceptors (Lipinski definition) is 7. The van der Waals surface area contributed by atoms with Crippen LogP contribution in [0.3, 0.4) is 0 Å². The topological polar surface area (TPSA) is 94.1 Å². The molecule has 156 valence electrons. The minimum atomic E-state index is -0.314. The second-order valence-electron chi connectivity index (χ2n) is 7.67. The van der Waals surface area contributed by atoms with Crippen molar-refractivity contribution in [3.8, 4) is 5.75 Å². The fourth-order valence-electron chi connectivity index (χ4n) is 3.93. The minimum Gasteiger partial charge on any atom is -0.494 e. The first-order valence-electron chi connectivity index (χ1n) is 10.0. The molecule has 0 radical (unpaired) electrons. The molecule has 1 amide bonds. The van der Waals surface area contributed by atoms with Crippen molar-refractivity contribution in [3.63, 3.8) is 0 Å². The molecule has 0 bridgehead atoms. The summed E-state index contributed by atoms with van der Waals surface area (Å²) in [5.74, 6) is 1.65. The van der Waals surface area contributed by atoms with Crippen LogP contribution in [0.4, 0.5) is 5.69 Å². The van der Waals surface area contributed by atoms with Crippen molar-refractivity contribution < 1.29 is 14.3 Å². The van der Waals surface area contributed by atoms with Gasteiger partial charge in [-0.1, -0.05) is 0 Å². The molecule has 0 atom stereocenters. The summed E-state index contributed by atoms with van der Waals surface area (Å²) < 4.78 is 6.48. The standard InChI is InChI=1S/C22H24N4O3S/c1-12(27)14-4-6-15(7-5-14)22-26-18-10-19(29-3)17(11-20(18)30-22)25-21(28)16-8-9-23-13(2)24-16/h8-11,14-15H,4-7H2,1-3H3,(H,25,28). The lowest BCUT2D eigenvalue weighted by Crippen LogP contribution is -2.18. The molecule has 0 saturated heterocycles. The summed E-state index contributed by atoms with van der Waals surface area (Å²) in [5, 5.41) is 3.98. The van der Waals surface area contributed by atoms with Gasteiger partial charge in [0.15, 0.2) is 0 Å². The van der Waals surface area contributed by atoms with Gasteiger partial charge in [0, 0.05) is 24.1 Å². The molecule has 2 aromatic heterocycles. The molecule has 1 N–H and O–H groups in total. The number of nitrogens with one attached hydrogen (secondary N) is 1. The largest absolute Gasteiger partial charge is 0.494 e. The van der Waals surface area contributed by atoms with Gasteiger partial charge in [0.2, 0.25) is 0 Å². The molecule has 2 heterocycles. The third-order valence-electron chi connectivity index (χ3n) is 5.63. The Morgan fingerprint density at radius 2 is 1.93 bits per heavy atom. The molecular weight excluding hydrogens is 400 g/mol. The summed E-state index contributed by atoms with van der Waals surface area (Å²) in [6.45, 7) is 3.43. The number of ether oxygens (including phenoxy) is 1. The van der Waals surface area contributed by atoms with E-state index >= 15 is 0 Å². The lowest BCUT2D eigenvalue weighted by atomic mass is 9.80. The molecule has 30 heavy (non-hydrogen) atoms. The van der Waals surface area contributed by atoms with E-state index in [1.165, 1.54) is 0 Å². The maximum absolute atomic E-state index is 12.6. The first-order chi connectivity index (χ1) is 14.4. The average molecular weight is 425 g/mol. The maximum atomic E-state index is 12.6. The number of ketones is 1. The zero-order valence-corrected chi connectivity index (χ0v) is 18.1. The molecule has 0 spiro atoms. The predicted molar refractivity (Wildman–Crippen MR) is 116 cm³/mol. The van der Waals surface area contributed by atoms with E-state index in [4.69, 9.17) is 9.72 Å². The van der Waals surface area contributed by atoms with Gasteiger partial charge in [-0.15, -0.1) is 11.3 Å². The van der Waals surface area contributed by atoms with Crippen LogP contribution in [0.1, 0.15) is 59.8 Å². The lowest BCUT2D eigenvalue weighted by Gasteiger charge is -2.25. The molecule has 1 saturated carbocycles. The Morgan fingerprint density at radius 3 is 2.60 bits per heavy atom. The molecule has 1 fully saturated rings. The van der Waals surface area contributed by atoms with Gasteiger partial charge in [0.25, 0.3) is 5.91 Å². The number of fused-ring (bicyclic) bond motifs is 1. The number of benzene rings is 1. The van der Waals surface area contributed by atoms with Crippen LogP contribution < -0.4 is 10.1 Å². The second-order valence-corrected chi connectivity index (χ2v) is 8.74. The van der Waals surface area contributed by atoms with E-state index in [2.05, 4.69) is 15.3 Å². The number of carbonyl (C=O) groups excluding carboxylic acids is 2. The Hall–Kier alpha value is -2.87. The molecule has 0 aliphatic heterocycles. The Labute approximate surface area is 178 Å². The van der Waals surface area contributed by atoms with Crippen LogP contribution >= 0.6 is 11.3 Å². The van der Waals surface area contributed by atoms with Crippen molar-refractivity contribution >= 4 is 38.9 Å². The number of carbonyl (C=O) groups is 2. The van der Waals surface area contributed by atoms with Gasteiger partial charge in [0.05, 0.1) is 28.0 Å². The number of Topliss-reactive ketones (excluding diaryl/α,β-unsaturated/α-hetero) is 1. The van der Waals surface area contributed by atoms with Crippen LogP contribution in [-0.4, -0.2) is 33.8 Å². The third-order valence-corrected chi connectivity index (χ3v) is 6.82. The van der Waals surface area contributed by atoms with Gasteiger partial charge >= 0.3 is 0 Å². The summed E-state index contributed by atoms with van der Waals surface area (Å²) >= 11 is 1.64.